The molecule has 0 saturated carbocycles. The van der Waals surface area contributed by atoms with E-state index >= 15 is 0 Å². The molecule has 0 fully saturated rings. The van der Waals surface area contributed by atoms with Crippen LogP contribution in [0.3, 0.4) is 0 Å². The lowest BCUT2D eigenvalue weighted by Crippen LogP contribution is -1.96. The van der Waals surface area contributed by atoms with Crippen molar-refractivity contribution in [1.82, 2.24) is 0 Å². The Kier molecular flexibility index (Phi) is 2.48. The van der Waals surface area contributed by atoms with Crippen LogP contribution in [0.4, 0.5) is 4.39 Å². The minimum atomic E-state index is -0.525. The van der Waals surface area contributed by atoms with Crippen molar-refractivity contribution in [2.75, 3.05) is 0 Å². The lowest BCUT2D eigenvalue weighted by Gasteiger charge is -2.08. The molecule has 0 aliphatic rings. The van der Waals surface area contributed by atoms with Crippen LogP contribution in [0.25, 0.3) is 0 Å². The van der Waals surface area contributed by atoms with Gasteiger partial charge in [0.05, 0.1) is 6.10 Å². The van der Waals surface area contributed by atoms with Gasteiger partial charge >= 0.3 is 0 Å². The molecule has 1 N–H and O–H groups in total. The smallest absolute Gasteiger partial charge is 0.129 e. The number of hydrogen-bond donors (Lipinski definition) is 1. The zero-order valence-corrected chi connectivity index (χ0v) is 7.56. The number of benzene rings is 1. The molecule has 12 heavy (non-hydrogen) atoms. The first kappa shape index (κ1) is 9.20. The molecular weight excluding hydrogens is 155 g/mol. The summed E-state index contributed by atoms with van der Waals surface area (Å²) in [4.78, 5) is 0. The molecule has 1 aromatic carbocycles. The monoisotopic (exact) mass is 168 g/mol. The summed E-state index contributed by atoms with van der Waals surface area (Å²) in [6, 6.07) is 3.35. The van der Waals surface area contributed by atoms with E-state index in [-0.39, 0.29) is 5.82 Å². The molecule has 1 unspecified atom stereocenters. The maximum absolute atomic E-state index is 13.1. The first-order chi connectivity index (χ1) is 5.52. The third kappa shape index (κ3) is 1.64. The molecule has 1 nitrogen and oxygen atoms in total. The van der Waals surface area contributed by atoms with E-state index < -0.39 is 6.10 Å². The molecule has 1 rings (SSSR count). The largest absolute Gasteiger partial charge is 0.389 e. The quantitative estimate of drug-likeness (QED) is 0.683. The highest BCUT2D eigenvalue weighted by Gasteiger charge is 2.06. The molecule has 0 amide bonds. The van der Waals surface area contributed by atoms with Crippen LogP contribution >= 0.6 is 0 Å². The lowest BCUT2D eigenvalue weighted by molar-refractivity contribution is 0.199. The van der Waals surface area contributed by atoms with Gasteiger partial charge in [0.15, 0.2) is 0 Å². The normalized spacial score (nSPS) is 13.1. The van der Waals surface area contributed by atoms with E-state index in [2.05, 4.69) is 0 Å². The Bertz CT molecular complexity index is 269. The molecule has 0 spiro atoms. The fraction of sp³-hybridized carbons (Fsp3) is 0.400. The van der Waals surface area contributed by atoms with Crippen LogP contribution in [0.2, 0.25) is 0 Å². The summed E-state index contributed by atoms with van der Waals surface area (Å²) in [6.07, 6.45) is -0.525. The van der Waals surface area contributed by atoms with Crippen molar-refractivity contribution in [3.8, 4) is 0 Å². The van der Waals surface area contributed by atoms with Crippen LogP contribution in [0.5, 0.6) is 0 Å². The van der Waals surface area contributed by atoms with Crippen LogP contribution in [0, 0.1) is 19.7 Å². The Labute approximate surface area is 71.9 Å². The Hall–Kier alpha value is -0.890. The number of aliphatic hydroxyl groups is 1. The highest BCUT2D eigenvalue weighted by atomic mass is 19.1. The first-order valence-corrected chi connectivity index (χ1v) is 3.97. The van der Waals surface area contributed by atoms with Gasteiger partial charge < -0.3 is 5.11 Å². The fourth-order valence-corrected chi connectivity index (χ4v) is 1.22. The summed E-state index contributed by atoms with van der Waals surface area (Å²) in [5, 5.41) is 9.24. The molecular formula is C10H13FO. The number of aliphatic hydroxyl groups excluding tert-OH is 1. The van der Waals surface area contributed by atoms with E-state index in [4.69, 9.17) is 0 Å². The van der Waals surface area contributed by atoms with Gasteiger partial charge in [0, 0.05) is 0 Å². The van der Waals surface area contributed by atoms with E-state index in [1.165, 1.54) is 0 Å². The van der Waals surface area contributed by atoms with Crippen molar-refractivity contribution in [1.29, 1.82) is 0 Å². The summed E-state index contributed by atoms with van der Waals surface area (Å²) in [6.45, 7) is 5.08. The Morgan fingerprint density at radius 3 is 2.00 bits per heavy atom. The minimum absolute atomic E-state index is 0.181. The minimum Gasteiger partial charge on any atom is -0.389 e. The lowest BCUT2D eigenvalue weighted by atomic mass is 10.0. The Morgan fingerprint density at radius 2 is 1.67 bits per heavy atom. The van der Waals surface area contributed by atoms with Crippen LogP contribution < -0.4 is 0 Å². The van der Waals surface area contributed by atoms with Crippen LogP contribution in [-0.2, 0) is 0 Å². The van der Waals surface area contributed by atoms with Crippen molar-refractivity contribution in [3.63, 3.8) is 0 Å². The van der Waals surface area contributed by atoms with Crippen molar-refractivity contribution < 1.29 is 9.50 Å². The van der Waals surface area contributed by atoms with Gasteiger partial charge in [0.25, 0.3) is 0 Å². The molecule has 0 saturated heterocycles. The standard InChI is InChI=1S/C10H13FO/c1-6-4-9(8(3)12)5-7(2)10(6)11/h4-5,8,12H,1-3H3. The zero-order valence-electron chi connectivity index (χ0n) is 7.56. The van der Waals surface area contributed by atoms with Gasteiger partial charge in [-0.3, -0.25) is 0 Å². The molecule has 0 radical (unpaired) electrons. The van der Waals surface area contributed by atoms with Crippen molar-refractivity contribution >= 4 is 0 Å². The SMILES string of the molecule is Cc1cc(C(C)O)cc(C)c1F. The summed E-state index contributed by atoms with van der Waals surface area (Å²) < 4.78 is 13.1. The van der Waals surface area contributed by atoms with Gasteiger partial charge in [-0.2, -0.15) is 0 Å². The number of aryl methyl sites for hydroxylation is 2. The summed E-state index contributed by atoms with van der Waals surface area (Å²) in [7, 11) is 0. The predicted octanol–water partition coefficient (Wildman–Crippen LogP) is 2.50. The van der Waals surface area contributed by atoms with Gasteiger partial charge in [-0.05, 0) is 37.5 Å². The summed E-state index contributed by atoms with van der Waals surface area (Å²) in [5.74, 6) is -0.181. The van der Waals surface area contributed by atoms with Gasteiger partial charge in [-0.25, -0.2) is 4.39 Å². The van der Waals surface area contributed by atoms with Crippen molar-refractivity contribution in [3.05, 3.63) is 34.6 Å². The molecule has 0 bridgehead atoms. The molecule has 0 aliphatic heterocycles. The Balaban J connectivity index is 3.21. The molecule has 2 heteroatoms. The topological polar surface area (TPSA) is 20.2 Å². The van der Waals surface area contributed by atoms with Gasteiger partial charge in [-0.1, -0.05) is 12.1 Å². The summed E-state index contributed by atoms with van der Waals surface area (Å²) in [5.41, 5.74) is 1.95. The maximum Gasteiger partial charge on any atom is 0.129 e. The second-order valence-corrected chi connectivity index (χ2v) is 3.14. The van der Waals surface area contributed by atoms with E-state index in [0.29, 0.717) is 11.1 Å². The average molecular weight is 168 g/mol. The van der Waals surface area contributed by atoms with Crippen molar-refractivity contribution in [2.24, 2.45) is 0 Å². The maximum atomic E-state index is 13.1. The zero-order chi connectivity index (χ0) is 9.30. The molecule has 0 aromatic heterocycles. The molecule has 66 valence electrons. The van der Waals surface area contributed by atoms with E-state index in [9.17, 15) is 9.50 Å². The molecule has 1 atom stereocenters. The van der Waals surface area contributed by atoms with Crippen LogP contribution in [0.15, 0.2) is 12.1 Å². The van der Waals surface area contributed by atoms with Crippen LogP contribution in [-0.4, -0.2) is 5.11 Å². The fourth-order valence-electron chi connectivity index (χ4n) is 1.22. The van der Waals surface area contributed by atoms with Gasteiger partial charge in [0.2, 0.25) is 0 Å². The highest BCUT2D eigenvalue weighted by Crippen LogP contribution is 2.19. The number of halogens is 1. The van der Waals surface area contributed by atoms with E-state index in [1.807, 2.05) is 0 Å². The van der Waals surface area contributed by atoms with Crippen molar-refractivity contribution in [2.45, 2.75) is 26.9 Å². The second kappa shape index (κ2) is 3.23. The first-order valence-electron chi connectivity index (χ1n) is 3.97. The number of rotatable bonds is 1. The molecule has 1 aromatic rings. The molecule has 0 aliphatic carbocycles. The van der Waals surface area contributed by atoms with Gasteiger partial charge in [-0.15, -0.1) is 0 Å². The second-order valence-electron chi connectivity index (χ2n) is 3.14. The third-order valence-electron chi connectivity index (χ3n) is 1.94. The predicted molar refractivity (Wildman–Crippen MR) is 46.5 cm³/mol. The number of hydrogen-bond acceptors (Lipinski definition) is 1. The summed E-state index contributed by atoms with van der Waals surface area (Å²) >= 11 is 0. The van der Waals surface area contributed by atoms with E-state index in [0.717, 1.165) is 5.56 Å². The average Bonchev–Trinajstić information content (AvgIpc) is 1.99. The van der Waals surface area contributed by atoms with E-state index in [1.54, 1.807) is 32.9 Å². The van der Waals surface area contributed by atoms with Gasteiger partial charge in [0.1, 0.15) is 5.82 Å². The Morgan fingerprint density at radius 1 is 1.25 bits per heavy atom. The molecule has 0 heterocycles. The third-order valence-corrected chi connectivity index (χ3v) is 1.94. The van der Waals surface area contributed by atoms with Crippen LogP contribution in [0.1, 0.15) is 29.7 Å². The highest BCUT2D eigenvalue weighted by molar-refractivity contribution is 5.31.